The lowest BCUT2D eigenvalue weighted by molar-refractivity contribution is -0.135. The van der Waals surface area contributed by atoms with E-state index in [9.17, 15) is 4.79 Å². The van der Waals surface area contributed by atoms with Gasteiger partial charge in [-0.3, -0.25) is 4.79 Å². The van der Waals surface area contributed by atoms with E-state index < -0.39 is 0 Å². The van der Waals surface area contributed by atoms with E-state index in [4.69, 9.17) is 4.52 Å². The molecule has 7 heteroatoms. The molecule has 0 N–H and O–H groups in total. The van der Waals surface area contributed by atoms with Crippen molar-refractivity contribution >= 4 is 17.2 Å². The standard InChI is InChI=1S/C17H24N4O2S/c1-3-14-19-15(23-20-14)8-6-9-16(22)21-10-5-4-7-13(21)17-18-12(2)11-24-17/h11,13H,3-10H2,1-2H3/t13-/m0/s1. The van der Waals surface area contributed by atoms with Crippen LogP contribution in [0.3, 0.4) is 0 Å². The highest BCUT2D eigenvalue weighted by Crippen LogP contribution is 2.33. The molecule has 1 saturated heterocycles. The second kappa shape index (κ2) is 7.88. The molecule has 2 aromatic heterocycles. The molecule has 1 amide bonds. The lowest BCUT2D eigenvalue weighted by Crippen LogP contribution is -2.38. The van der Waals surface area contributed by atoms with Crippen molar-refractivity contribution in [2.24, 2.45) is 0 Å². The van der Waals surface area contributed by atoms with Crippen molar-refractivity contribution in [3.05, 3.63) is 27.8 Å². The zero-order valence-electron chi connectivity index (χ0n) is 14.3. The van der Waals surface area contributed by atoms with E-state index in [0.717, 1.165) is 55.2 Å². The molecule has 130 valence electrons. The fraction of sp³-hybridized carbons (Fsp3) is 0.647. The molecule has 1 fully saturated rings. The first kappa shape index (κ1) is 17.1. The summed E-state index contributed by atoms with van der Waals surface area (Å²) in [5.74, 6) is 1.57. The minimum atomic E-state index is 0.153. The fourth-order valence-corrected chi connectivity index (χ4v) is 4.02. The quantitative estimate of drug-likeness (QED) is 0.799. The normalized spacial score (nSPS) is 18.1. The SMILES string of the molecule is CCc1noc(CCCC(=O)N2CCCC[C@H]2c2nc(C)cs2)n1. The Bertz CT molecular complexity index is 682. The molecular weight excluding hydrogens is 324 g/mol. The summed E-state index contributed by atoms with van der Waals surface area (Å²) in [5.41, 5.74) is 1.04. The first-order valence-corrected chi connectivity index (χ1v) is 9.58. The number of carbonyl (C=O) groups is 1. The second-order valence-electron chi connectivity index (χ2n) is 6.24. The molecule has 1 atom stereocenters. The van der Waals surface area contributed by atoms with Crippen LogP contribution in [0.15, 0.2) is 9.90 Å². The van der Waals surface area contributed by atoms with Crippen LogP contribution >= 0.6 is 11.3 Å². The summed E-state index contributed by atoms with van der Waals surface area (Å²) in [7, 11) is 0. The van der Waals surface area contributed by atoms with E-state index >= 15 is 0 Å². The number of aryl methyl sites for hydroxylation is 3. The summed E-state index contributed by atoms with van der Waals surface area (Å²) in [4.78, 5) is 23.6. The van der Waals surface area contributed by atoms with Crippen molar-refractivity contribution in [3.63, 3.8) is 0 Å². The number of rotatable bonds is 6. The van der Waals surface area contributed by atoms with Gasteiger partial charge in [-0.25, -0.2) is 4.98 Å². The molecule has 1 aliphatic heterocycles. The third-order valence-electron chi connectivity index (χ3n) is 4.35. The number of carbonyl (C=O) groups excluding carboxylic acids is 1. The minimum Gasteiger partial charge on any atom is -0.339 e. The van der Waals surface area contributed by atoms with Gasteiger partial charge in [0.05, 0.1) is 6.04 Å². The average Bonchev–Trinajstić information content (AvgIpc) is 3.23. The van der Waals surface area contributed by atoms with Gasteiger partial charge < -0.3 is 9.42 Å². The Morgan fingerprint density at radius 2 is 2.29 bits per heavy atom. The van der Waals surface area contributed by atoms with E-state index in [-0.39, 0.29) is 11.9 Å². The maximum atomic E-state index is 12.7. The van der Waals surface area contributed by atoms with Gasteiger partial charge in [0, 0.05) is 36.9 Å². The number of piperidine rings is 1. The monoisotopic (exact) mass is 348 g/mol. The summed E-state index contributed by atoms with van der Waals surface area (Å²) in [5, 5.41) is 7.03. The molecule has 1 aliphatic rings. The molecule has 0 spiro atoms. The Balaban J connectivity index is 1.56. The van der Waals surface area contributed by atoms with Crippen molar-refractivity contribution in [3.8, 4) is 0 Å². The van der Waals surface area contributed by atoms with Crippen molar-refractivity contribution < 1.29 is 9.32 Å². The Morgan fingerprint density at radius 1 is 1.42 bits per heavy atom. The van der Waals surface area contributed by atoms with Crippen LogP contribution in [0, 0.1) is 6.92 Å². The highest BCUT2D eigenvalue weighted by molar-refractivity contribution is 7.09. The van der Waals surface area contributed by atoms with Crippen molar-refractivity contribution in [1.29, 1.82) is 0 Å². The minimum absolute atomic E-state index is 0.153. The summed E-state index contributed by atoms with van der Waals surface area (Å²) >= 11 is 1.66. The van der Waals surface area contributed by atoms with Gasteiger partial charge in [0.15, 0.2) is 5.82 Å². The highest BCUT2D eigenvalue weighted by Gasteiger charge is 2.29. The van der Waals surface area contributed by atoms with Crippen LogP contribution in [0.2, 0.25) is 0 Å². The molecule has 0 unspecified atom stereocenters. The zero-order valence-corrected chi connectivity index (χ0v) is 15.1. The zero-order chi connectivity index (χ0) is 16.9. The summed E-state index contributed by atoms with van der Waals surface area (Å²) < 4.78 is 5.18. The predicted molar refractivity (Wildman–Crippen MR) is 91.8 cm³/mol. The molecule has 3 heterocycles. The third-order valence-corrected chi connectivity index (χ3v) is 5.42. The van der Waals surface area contributed by atoms with Crippen LogP contribution in [-0.4, -0.2) is 32.5 Å². The molecule has 0 bridgehead atoms. The predicted octanol–water partition coefficient (Wildman–Crippen LogP) is 3.47. The van der Waals surface area contributed by atoms with Gasteiger partial charge in [-0.1, -0.05) is 12.1 Å². The maximum Gasteiger partial charge on any atom is 0.226 e. The van der Waals surface area contributed by atoms with Gasteiger partial charge >= 0.3 is 0 Å². The summed E-state index contributed by atoms with van der Waals surface area (Å²) in [6.45, 7) is 4.83. The van der Waals surface area contributed by atoms with Crippen LogP contribution < -0.4 is 0 Å². The fourth-order valence-electron chi connectivity index (χ4n) is 3.08. The van der Waals surface area contributed by atoms with Gasteiger partial charge in [-0.2, -0.15) is 4.98 Å². The number of thiazole rings is 1. The summed E-state index contributed by atoms with van der Waals surface area (Å²) in [6, 6.07) is 0.153. The van der Waals surface area contributed by atoms with Gasteiger partial charge in [-0.05, 0) is 32.6 Å². The molecule has 2 aromatic rings. The lowest BCUT2D eigenvalue weighted by atomic mass is 10.0. The van der Waals surface area contributed by atoms with Crippen molar-refractivity contribution in [2.45, 2.75) is 64.8 Å². The Morgan fingerprint density at radius 3 is 3.00 bits per heavy atom. The molecule has 0 radical (unpaired) electrons. The second-order valence-corrected chi connectivity index (χ2v) is 7.13. The van der Waals surface area contributed by atoms with Crippen molar-refractivity contribution in [1.82, 2.24) is 20.0 Å². The largest absolute Gasteiger partial charge is 0.339 e. The van der Waals surface area contributed by atoms with Crippen molar-refractivity contribution in [2.75, 3.05) is 6.54 Å². The topological polar surface area (TPSA) is 72.1 Å². The highest BCUT2D eigenvalue weighted by atomic mass is 32.1. The van der Waals surface area contributed by atoms with E-state index in [2.05, 4.69) is 20.5 Å². The first-order valence-electron chi connectivity index (χ1n) is 8.70. The Kier molecular flexibility index (Phi) is 5.60. The van der Waals surface area contributed by atoms with Crippen LogP contribution in [0.4, 0.5) is 0 Å². The number of likely N-dealkylation sites (tertiary alicyclic amines) is 1. The Labute approximate surface area is 146 Å². The molecule has 3 rings (SSSR count). The Hall–Kier alpha value is -1.76. The van der Waals surface area contributed by atoms with Gasteiger partial charge in [0.1, 0.15) is 5.01 Å². The van der Waals surface area contributed by atoms with E-state index in [0.29, 0.717) is 18.7 Å². The average molecular weight is 348 g/mol. The molecule has 0 aliphatic carbocycles. The number of hydrogen-bond donors (Lipinski definition) is 0. The van der Waals surface area contributed by atoms with Crippen LogP contribution in [0.5, 0.6) is 0 Å². The molecule has 0 saturated carbocycles. The number of amides is 1. The van der Waals surface area contributed by atoms with Gasteiger partial charge in [0.2, 0.25) is 11.8 Å². The van der Waals surface area contributed by atoms with E-state index in [1.807, 2.05) is 18.7 Å². The van der Waals surface area contributed by atoms with Crippen LogP contribution in [0.1, 0.15) is 67.5 Å². The van der Waals surface area contributed by atoms with Crippen LogP contribution in [0.25, 0.3) is 0 Å². The summed E-state index contributed by atoms with van der Waals surface area (Å²) in [6.07, 6.45) is 5.95. The molecule has 24 heavy (non-hydrogen) atoms. The lowest BCUT2D eigenvalue weighted by Gasteiger charge is -2.34. The maximum absolute atomic E-state index is 12.7. The molecule has 0 aromatic carbocycles. The number of nitrogens with zero attached hydrogens (tertiary/aromatic N) is 4. The van der Waals surface area contributed by atoms with Gasteiger partial charge in [0.25, 0.3) is 0 Å². The number of aromatic nitrogens is 3. The van der Waals surface area contributed by atoms with Crippen LogP contribution in [-0.2, 0) is 17.6 Å². The first-order chi connectivity index (χ1) is 11.7. The molecule has 6 nitrogen and oxygen atoms in total. The smallest absolute Gasteiger partial charge is 0.226 e. The number of hydrogen-bond acceptors (Lipinski definition) is 6. The van der Waals surface area contributed by atoms with E-state index in [1.165, 1.54) is 0 Å². The third kappa shape index (κ3) is 4.01. The van der Waals surface area contributed by atoms with Gasteiger partial charge in [-0.15, -0.1) is 11.3 Å². The molecular formula is C17H24N4O2S. The van der Waals surface area contributed by atoms with E-state index in [1.54, 1.807) is 11.3 Å².